The highest BCUT2D eigenvalue weighted by Crippen LogP contribution is 2.43. The summed E-state index contributed by atoms with van der Waals surface area (Å²) in [6.45, 7) is 2.18. The third-order valence-electron chi connectivity index (χ3n) is 7.01. The smallest absolute Gasteiger partial charge is 0.0832 e. The van der Waals surface area contributed by atoms with Crippen molar-refractivity contribution < 1.29 is 0 Å². The topological polar surface area (TPSA) is 20.5 Å². The summed E-state index contributed by atoms with van der Waals surface area (Å²) >= 11 is 0. The number of fused-ring (bicyclic) bond motifs is 5. The number of rotatable bonds is 2. The molecule has 3 heteroatoms. The fourth-order valence-electron chi connectivity index (χ4n) is 5.66. The Morgan fingerprint density at radius 2 is 1.50 bits per heavy atom. The van der Waals surface area contributed by atoms with E-state index >= 15 is 0 Å². The molecule has 7 rings (SSSR count). The molecule has 3 heterocycles. The zero-order chi connectivity index (χ0) is 22.6. The lowest BCUT2D eigenvalue weighted by Crippen LogP contribution is -2.32. The third-order valence-corrected chi connectivity index (χ3v) is 7.01. The van der Waals surface area contributed by atoms with Gasteiger partial charge in [-0.2, -0.15) is 0 Å². The second-order valence-electron chi connectivity index (χ2n) is 9.09. The summed E-state index contributed by atoms with van der Waals surface area (Å²) in [6.07, 6.45) is 14.9. The molecule has 1 aromatic heterocycles. The highest BCUT2D eigenvalue weighted by atomic mass is 15.2. The molecule has 162 valence electrons. The molecule has 3 aromatic carbocycles. The molecule has 3 aliphatic rings. The first-order chi connectivity index (χ1) is 16.8. The van der Waals surface area contributed by atoms with Gasteiger partial charge in [0.1, 0.15) is 0 Å². The molecular formula is C31H23N3. The van der Waals surface area contributed by atoms with E-state index < -0.39 is 0 Å². The molecule has 0 radical (unpaired) electrons. The predicted octanol–water partition coefficient (Wildman–Crippen LogP) is 7.03. The molecule has 34 heavy (non-hydrogen) atoms. The molecule has 0 spiro atoms. The van der Waals surface area contributed by atoms with Crippen molar-refractivity contribution in [3.8, 4) is 5.69 Å². The summed E-state index contributed by atoms with van der Waals surface area (Å²) in [7, 11) is 0. The second-order valence-corrected chi connectivity index (χ2v) is 9.09. The van der Waals surface area contributed by atoms with E-state index in [2.05, 4.69) is 119 Å². The maximum absolute atomic E-state index is 4.70. The van der Waals surface area contributed by atoms with Crippen molar-refractivity contribution in [1.29, 1.82) is 0 Å². The highest BCUT2D eigenvalue weighted by molar-refractivity contribution is 6.09. The summed E-state index contributed by atoms with van der Waals surface area (Å²) in [5.74, 6) is 3.30. The van der Waals surface area contributed by atoms with Crippen LogP contribution >= 0.6 is 0 Å². The first-order valence-corrected chi connectivity index (χ1v) is 11.7. The molecule has 0 fully saturated rings. The van der Waals surface area contributed by atoms with E-state index in [4.69, 9.17) is 4.99 Å². The van der Waals surface area contributed by atoms with Gasteiger partial charge in [-0.25, -0.2) is 4.99 Å². The Morgan fingerprint density at radius 3 is 2.29 bits per heavy atom. The van der Waals surface area contributed by atoms with Gasteiger partial charge in [0.25, 0.3) is 0 Å². The zero-order valence-electron chi connectivity index (χ0n) is 18.9. The van der Waals surface area contributed by atoms with Crippen LogP contribution in [0.1, 0.15) is 5.56 Å². The molecule has 0 N–H and O–H groups in total. The Balaban J connectivity index is 1.47. The minimum absolute atomic E-state index is 0.205. The molecule has 4 aromatic rings. The van der Waals surface area contributed by atoms with E-state index in [9.17, 15) is 0 Å². The molecule has 1 aliphatic carbocycles. The van der Waals surface area contributed by atoms with Crippen molar-refractivity contribution in [2.24, 2.45) is 10.9 Å². The van der Waals surface area contributed by atoms with Crippen LogP contribution in [-0.2, 0) is 0 Å². The molecule has 2 aliphatic heterocycles. The number of hydrogen-bond donors (Lipinski definition) is 0. The van der Waals surface area contributed by atoms with Gasteiger partial charge in [0, 0.05) is 28.1 Å². The largest absolute Gasteiger partial charge is 0.332 e. The van der Waals surface area contributed by atoms with Crippen LogP contribution in [-0.4, -0.2) is 16.5 Å². The normalized spacial score (nSPS) is 20.4. The lowest BCUT2D eigenvalue weighted by atomic mass is 9.94. The molecule has 2 atom stereocenters. The molecular weight excluding hydrogens is 414 g/mol. The van der Waals surface area contributed by atoms with Crippen LogP contribution in [0.5, 0.6) is 0 Å². The van der Waals surface area contributed by atoms with Crippen LogP contribution < -0.4 is 4.90 Å². The van der Waals surface area contributed by atoms with Crippen LogP contribution in [0.4, 0.5) is 5.69 Å². The Morgan fingerprint density at radius 1 is 0.794 bits per heavy atom. The van der Waals surface area contributed by atoms with Crippen molar-refractivity contribution in [1.82, 2.24) is 4.57 Å². The van der Waals surface area contributed by atoms with E-state index in [1.54, 1.807) is 0 Å². The third kappa shape index (κ3) is 2.75. The maximum Gasteiger partial charge on any atom is 0.0832 e. The second kappa shape index (κ2) is 7.34. The number of nitrogens with zero attached hydrogens (tertiary/aromatic N) is 3. The number of anilines is 1. The fourth-order valence-corrected chi connectivity index (χ4v) is 5.66. The number of para-hydroxylation sites is 2. The van der Waals surface area contributed by atoms with E-state index in [1.807, 2.05) is 12.2 Å². The SMILES string of the molecule is Cc1cc(N2C3=C(N=C=CC=C3)[C@H]3C=CC=CC32)cc(-n2c3ccccc3c3ccccc32)c1. The number of aliphatic imine (C=N–C) groups is 1. The van der Waals surface area contributed by atoms with Crippen molar-refractivity contribution in [2.75, 3.05) is 4.90 Å². The van der Waals surface area contributed by atoms with Gasteiger partial charge in [-0.1, -0.05) is 66.8 Å². The Labute approximate surface area is 198 Å². The van der Waals surface area contributed by atoms with Crippen molar-refractivity contribution >= 4 is 33.4 Å². The Bertz CT molecular complexity index is 1610. The molecule has 0 saturated carbocycles. The van der Waals surface area contributed by atoms with Crippen LogP contribution in [0.3, 0.4) is 0 Å². The number of aromatic nitrogens is 1. The van der Waals surface area contributed by atoms with Crippen LogP contribution in [0.2, 0.25) is 0 Å². The van der Waals surface area contributed by atoms with Gasteiger partial charge in [-0.05, 0) is 60.8 Å². The monoisotopic (exact) mass is 437 g/mol. The van der Waals surface area contributed by atoms with Crippen LogP contribution in [0.15, 0.2) is 126 Å². The quantitative estimate of drug-likeness (QED) is 0.330. The Hall–Kier alpha value is -4.33. The molecule has 1 unspecified atom stereocenters. The predicted molar refractivity (Wildman–Crippen MR) is 142 cm³/mol. The first kappa shape index (κ1) is 19.2. The van der Waals surface area contributed by atoms with Gasteiger partial charge < -0.3 is 9.47 Å². The first-order valence-electron chi connectivity index (χ1n) is 11.7. The van der Waals surface area contributed by atoms with Gasteiger partial charge in [-0.15, -0.1) is 0 Å². The standard InChI is InChI=1S/C31H23N3/c1-21-18-22(33-27-13-5-2-10-24(27)25-11-3-6-14-28(25)33)20-23(19-21)34-29-15-7-4-12-26(29)31-30(34)16-8-9-17-32-31/h2-16,18-20,26,29H,1H3/t26-,29?/m0/s1. The number of aryl methyl sites for hydroxylation is 1. The molecule has 0 bridgehead atoms. The van der Waals surface area contributed by atoms with Crippen molar-refractivity contribution in [2.45, 2.75) is 13.0 Å². The fraction of sp³-hybridized carbons (Fsp3) is 0.0968. The lowest BCUT2D eigenvalue weighted by molar-refractivity contribution is 0.673. The maximum atomic E-state index is 4.70. The number of allylic oxidation sites excluding steroid dienone is 5. The zero-order valence-corrected chi connectivity index (χ0v) is 18.9. The average molecular weight is 438 g/mol. The summed E-state index contributed by atoms with van der Waals surface area (Å²) < 4.78 is 2.39. The van der Waals surface area contributed by atoms with Crippen LogP contribution in [0.25, 0.3) is 27.5 Å². The van der Waals surface area contributed by atoms with Gasteiger partial charge in [0.05, 0.1) is 28.5 Å². The van der Waals surface area contributed by atoms with E-state index in [1.165, 1.54) is 38.7 Å². The van der Waals surface area contributed by atoms with Crippen LogP contribution in [0, 0.1) is 12.8 Å². The lowest BCUT2D eigenvalue weighted by Gasteiger charge is -2.30. The van der Waals surface area contributed by atoms with E-state index in [-0.39, 0.29) is 12.0 Å². The summed E-state index contributed by atoms with van der Waals surface area (Å²) in [6, 6.07) is 24.4. The van der Waals surface area contributed by atoms with Gasteiger partial charge >= 0.3 is 0 Å². The summed E-state index contributed by atoms with van der Waals surface area (Å²) in [5.41, 5.74) is 8.26. The highest BCUT2D eigenvalue weighted by Gasteiger charge is 2.39. The van der Waals surface area contributed by atoms with Gasteiger partial charge in [0.15, 0.2) is 0 Å². The van der Waals surface area contributed by atoms with Gasteiger partial charge in [0.2, 0.25) is 0 Å². The van der Waals surface area contributed by atoms with E-state index in [0.717, 1.165) is 11.4 Å². The molecule has 3 nitrogen and oxygen atoms in total. The van der Waals surface area contributed by atoms with Crippen molar-refractivity contribution in [3.63, 3.8) is 0 Å². The van der Waals surface area contributed by atoms with Crippen molar-refractivity contribution in [3.05, 3.63) is 126 Å². The molecule has 0 amide bonds. The average Bonchev–Trinajstić information content (AvgIpc) is 3.25. The number of hydrogen-bond acceptors (Lipinski definition) is 2. The minimum atomic E-state index is 0.205. The summed E-state index contributed by atoms with van der Waals surface area (Å²) in [5, 5.41) is 2.56. The molecule has 0 saturated heterocycles. The summed E-state index contributed by atoms with van der Waals surface area (Å²) in [4.78, 5) is 7.14. The minimum Gasteiger partial charge on any atom is -0.332 e. The number of benzene rings is 3. The Kier molecular flexibility index (Phi) is 4.14. The van der Waals surface area contributed by atoms with E-state index in [0.29, 0.717) is 0 Å². The van der Waals surface area contributed by atoms with Gasteiger partial charge in [-0.3, -0.25) is 0 Å².